The summed E-state index contributed by atoms with van der Waals surface area (Å²) in [6.45, 7) is 4.11. The molecule has 6 heteroatoms. The number of ether oxygens (including phenoxy) is 1. The van der Waals surface area contributed by atoms with Gasteiger partial charge in [0.2, 0.25) is 0 Å². The topological polar surface area (TPSA) is 79.0 Å². The summed E-state index contributed by atoms with van der Waals surface area (Å²) in [4.78, 5) is 12.1. The molecular weight excluding hydrogens is 292 g/mol. The second-order valence-electron chi connectivity index (χ2n) is 6.05. The zero-order chi connectivity index (χ0) is 16.1. The van der Waals surface area contributed by atoms with E-state index in [1.165, 1.54) is 11.1 Å². The first-order valence-electron chi connectivity index (χ1n) is 7.86. The molecule has 122 valence electrons. The molecule has 1 fully saturated rings. The molecule has 6 nitrogen and oxygen atoms in total. The highest BCUT2D eigenvalue weighted by Gasteiger charge is 2.34. The quantitative estimate of drug-likeness (QED) is 0.811. The maximum Gasteiger partial charge on any atom is 0.319 e. The summed E-state index contributed by atoms with van der Waals surface area (Å²) in [5.74, 6) is 0. The molecule has 3 rings (SSSR count). The molecule has 3 N–H and O–H groups in total. The van der Waals surface area contributed by atoms with Crippen LogP contribution in [0.15, 0.2) is 36.7 Å². The molecule has 0 unspecified atom stereocenters. The van der Waals surface area contributed by atoms with E-state index in [-0.39, 0.29) is 11.4 Å². The van der Waals surface area contributed by atoms with Crippen molar-refractivity contribution in [1.29, 1.82) is 0 Å². The van der Waals surface area contributed by atoms with Gasteiger partial charge >= 0.3 is 6.03 Å². The van der Waals surface area contributed by atoms with Gasteiger partial charge in [-0.05, 0) is 25.3 Å². The molecule has 23 heavy (non-hydrogen) atoms. The molecule has 1 aliphatic heterocycles. The van der Waals surface area contributed by atoms with Gasteiger partial charge in [0.25, 0.3) is 0 Å². The Bertz CT molecular complexity index is 631. The Morgan fingerprint density at radius 2 is 2.04 bits per heavy atom. The second kappa shape index (κ2) is 6.83. The Labute approximate surface area is 135 Å². The van der Waals surface area contributed by atoms with Crippen molar-refractivity contribution in [3.05, 3.63) is 47.8 Å². The van der Waals surface area contributed by atoms with Gasteiger partial charge in [-0.2, -0.15) is 5.10 Å². The number of carbonyl (C=O) groups is 1. The van der Waals surface area contributed by atoms with Gasteiger partial charge in [0.15, 0.2) is 0 Å². The Hall–Kier alpha value is -2.34. The molecule has 0 bridgehead atoms. The highest BCUT2D eigenvalue weighted by Crippen LogP contribution is 2.34. The fraction of sp³-hybridized carbons (Fsp3) is 0.412. The van der Waals surface area contributed by atoms with Crippen LogP contribution in [0, 0.1) is 6.92 Å². The van der Waals surface area contributed by atoms with E-state index in [1.54, 1.807) is 12.4 Å². The van der Waals surface area contributed by atoms with Crippen LogP contribution in [0.3, 0.4) is 0 Å². The summed E-state index contributed by atoms with van der Waals surface area (Å²) < 4.78 is 5.52. The minimum atomic E-state index is -0.218. The monoisotopic (exact) mass is 314 g/mol. The SMILES string of the molecule is Cc1ccc(C2(CNC(=O)Nc3cn[nH]c3)CCOCC2)cc1. The van der Waals surface area contributed by atoms with E-state index in [0.29, 0.717) is 12.2 Å². The average Bonchev–Trinajstić information content (AvgIpc) is 3.07. The van der Waals surface area contributed by atoms with Crippen molar-refractivity contribution in [2.75, 3.05) is 25.1 Å². The fourth-order valence-corrected chi connectivity index (χ4v) is 2.98. The van der Waals surface area contributed by atoms with Crippen molar-refractivity contribution in [3.63, 3.8) is 0 Å². The maximum atomic E-state index is 12.1. The number of nitrogens with zero attached hydrogens (tertiary/aromatic N) is 1. The van der Waals surface area contributed by atoms with Gasteiger partial charge in [-0.25, -0.2) is 4.79 Å². The van der Waals surface area contributed by atoms with Crippen LogP contribution in [-0.2, 0) is 10.2 Å². The van der Waals surface area contributed by atoms with Crippen LogP contribution < -0.4 is 10.6 Å². The fourth-order valence-electron chi connectivity index (χ4n) is 2.98. The smallest absolute Gasteiger partial charge is 0.319 e. The largest absolute Gasteiger partial charge is 0.381 e. The molecule has 0 saturated carbocycles. The number of aryl methyl sites for hydroxylation is 1. The molecule has 1 aromatic carbocycles. The predicted octanol–water partition coefficient (Wildman–Crippen LogP) is 2.59. The summed E-state index contributed by atoms with van der Waals surface area (Å²) in [5, 5.41) is 12.2. The highest BCUT2D eigenvalue weighted by molar-refractivity contribution is 5.88. The van der Waals surface area contributed by atoms with Crippen molar-refractivity contribution in [2.24, 2.45) is 0 Å². The third-order valence-corrected chi connectivity index (χ3v) is 4.46. The molecule has 1 saturated heterocycles. The number of urea groups is 1. The van der Waals surface area contributed by atoms with E-state index in [2.05, 4.69) is 52.0 Å². The lowest BCUT2D eigenvalue weighted by molar-refractivity contribution is 0.0508. The third kappa shape index (κ3) is 3.71. The normalized spacial score (nSPS) is 16.7. The van der Waals surface area contributed by atoms with E-state index in [4.69, 9.17) is 4.74 Å². The molecule has 1 aliphatic rings. The number of rotatable bonds is 4. The summed E-state index contributed by atoms with van der Waals surface area (Å²) in [5.41, 5.74) is 3.08. The van der Waals surface area contributed by atoms with Crippen LogP contribution in [0.2, 0.25) is 0 Å². The number of benzene rings is 1. The van der Waals surface area contributed by atoms with Crippen LogP contribution in [0.1, 0.15) is 24.0 Å². The Morgan fingerprint density at radius 3 is 2.70 bits per heavy atom. The van der Waals surface area contributed by atoms with E-state index >= 15 is 0 Å². The van der Waals surface area contributed by atoms with Gasteiger partial charge in [-0.1, -0.05) is 29.8 Å². The van der Waals surface area contributed by atoms with Gasteiger partial charge in [-0.15, -0.1) is 0 Å². The molecule has 0 atom stereocenters. The van der Waals surface area contributed by atoms with Crippen molar-refractivity contribution < 1.29 is 9.53 Å². The van der Waals surface area contributed by atoms with E-state index in [9.17, 15) is 4.79 Å². The van der Waals surface area contributed by atoms with Crippen molar-refractivity contribution in [1.82, 2.24) is 15.5 Å². The zero-order valence-electron chi connectivity index (χ0n) is 13.3. The molecule has 1 aromatic heterocycles. The average molecular weight is 314 g/mol. The first-order valence-corrected chi connectivity index (χ1v) is 7.86. The first-order chi connectivity index (χ1) is 11.2. The number of hydrogen-bond donors (Lipinski definition) is 3. The van der Waals surface area contributed by atoms with Crippen molar-refractivity contribution >= 4 is 11.7 Å². The third-order valence-electron chi connectivity index (χ3n) is 4.46. The maximum absolute atomic E-state index is 12.1. The molecular formula is C17H22N4O2. The number of carbonyl (C=O) groups excluding carboxylic acids is 1. The molecule has 0 radical (unpaired) electrons. The number of aromatic amines is 1. The van der Waals surface area contributed by atoms with Gasteiger partial charge < -0.3 is 15.4 Å². The number of hydrogen-bond acceptors (Lipinski definition) is 3. The Balaban J connectivity index is 1.69. The minimum absolute atomic E-state index is 0.0698. The molecule has 2 amide bonds. The molecule has 0 spiro atoms. The van der Waals surface area contributed by atoms with Crippen molar-refractivity contribution in [2.45, 2.75) is 25.2 Å². The van der Waals surface area contributed by atoms with Crippen molar-refractivity contribution in [3.8, 4) is 0 Å². The van der Waals surface area contributed by atoms with E-state index in [1.807, 2.05) is 0 Å². The van der Waals surface area contributed by atoms with Crippen LogP contribution in [0.4, 0.5) is 10.5 Å². The van der Waals surface area contributed by atoms with Gasteiger partial charge in [0.05, 0.1) is 11.9 Å². The summed E-state index contributed by atoms with van der Waals surface area (Å²) in [6, 6.07) is 8.35. The van der Waals surface area contributed by atoms with Crippen LogP contribution in [0.25, 0.3) is 0 Å². The van der Waals surface area contributed by atoms with Gasteiger partial charge in [-0.3, -0.25) is 5.10 Å². The van der Waals surface area contributed by atoms with Gasteiger partial charge in [0, 0.05) is 31.4 Å². The predicted molar refractivity (Wildman–Crippen MR) is 88.5 cm³/mol. The standard InChI is InChI=1S/C17H22N4O2/c1-13-2-4-14(5-3-13)17(6-8-23-9-7-17)12-18-16(22)21-15-10-19-20-11-15/h2-5,10-11H,6-9,12H2,1H3,(H,19,20)(H2,18,21,22). The van der Waals surface area contributed by atoms with Crippen LogP contribution in [-0.4, -0.2) is 36.0 Å². The van der Waals surface area contributed by atoms with E-state index in [0.717, 1.165) is 26.1 Å². The Kier molecular flexibility index (Phi) is 4.62. The number of aromatic nitrogens is 2. The first kappa shape index (κ1) is 15.6. The van der Waals surface area contributed by atoms with Crippen LogP contribution in [0.5, 0.6) is 0 Å². The lowest BCUT2D eigenvalue weighted by Gasteiger charge is -2.38. The molecule has 2 aromatic rings. The number of nitrogens with one attached hydrogen (secondary N) is 3. The number of amides is 2. The molecule has 0 aliphatic carbocycles. The summed E-state index contributed by atoms with van der Waals surface area (Å²) >= 11 is 0. The summed E-state index contributed by atoms with van der Waals surface area (Å²) in [7, 11) is 0. The van der Waals surface area contributed by atoms with Crippen LogP contribution >= 0.6 is 0 Å². The second-order valence-corrected chi connectivity index (χ2v) is 6.05. The van der Waals surface area contributed by atoms with E-state index < -0.39 is 0 Å². The highest BCUT2D eigenvalue weighted by atomic mass is 16.5. The minimum Gasteiger partial charge on any atom is -0.381 e. The summed E-state index contributed by atoms with van der Waals surface area (Å²) in [6.07, 6.45) is 5.03. The number of anilines is 1. The lowest BCUT2D eigenvalue weighted by atomic mass is 9.74. The lowest BCUT2D eigenvalue weighted by Crippen LogP contribution is -2.45. The Morgan fingerprint density at radius 1 is 1.30 bits per heavy atom. The zero-order valence-corrected chi connectivity index (χ0v) is 13.3. The van der Waals surface area contributed by atoms with Gasteiger partial charge in [0.1, 0.15) is 0 Å². The number of H-pyrrole nitrogens is 1. The molecule has 2 heterocycles.